The molecule has 1 aliphatic carbocycles. The molecule has 4 rings (SSSR count). The molecule has 0 unspecified atom stereocenters. The highest BCUT2D eigenvalue weighted by molar-refractivity contribution is 5.92. The van der Waals surface area contributed by atoms with Crippen LogP contribution in [0.1, 0.15) is 30.1 Å². The first-order valence-electron chi connectivity index (χ1n) is 8.27. The first-order valence-corrected chi connectivity index (χ1v) is 8.27. The van der Waals surface area contributed by atoms with E-state index < -0.39 is 0 Å². The molecule has 0 bridgehead atoms. The van der Waals surface area contributed by atoms with Gasteiger partial charge in [0.25, 0.3) is 0 Å². The van der Waals surface area contributed by atoms with Crippen molar-refractivity contribution < 1.29 is 5.11 Å². The molecule has 3 aromatic rings. The minimum atomic E-state index is -0.197. The lowest BCUT2D eigenvalue weighted by molar-refractivity contribution is 0.0339. The van der Waals surface area contributed by atoms with Gasteiger partial charge >= 0.3 is 0 Å². The molecule has 2 aromatic heterocycles. The van der Waals surface area contributed by atoms with Crippen LogP contribution in [0.4, 0.5) is 5.82 Å². The molecule has 0 spiro atoms. The molecule has 0 radical (unpaired) electrons. The highest BCUT2D eigenvalue weighted by Gasteiger charge is 2.35. The van der Waals surface area contributed by atoms with Crippen molar-refractivity contribution in [1.82, 2.24) is 20.0 Å². The van der Waals surface area contributed by atoms with E-state index in [9.17, 15) is 5.11 Å². The number of aromatic nitrogens is 4. The average Bonchev–Trinajstić information content (AvgIpc) is 2.98. The van der Waals surface area contributed by atoms with Crippen LogP contribution >= 0.6 is 0 Å². The Balaban J connectivity index is 1.72. The molecule has 0 aliphatic heterocycles. The van der Waals surface area contributed by atoms with Crippen LogP contribution in [-0.2, 0) is 7.05 Å². The number of fused-ring (bicyclic) bond motifs is 1. The number of rotatable bonds is 4. The molecule has 2 N–H and O–H groups in total. The van der Waals surface area contributed by atoms with Crippen LogP contribution in [-0.4, -0.2) is 31.2 Å². The van der Waals surface area contributed by atoms with Crippen LogP contribution in [0.2, 0.25) is 0 Å². The van der Waals surface area contributed by atoms with Crippen molar-refractivity contribution in [1.29, 1.82) is 0 Å². The van der Waals surface area contributed by atoms with Gasteiger partial charge in [-0.05, 0) is 25.7 Å². The van der Waals surface area contributed by atoms with E-state index >= 15 is 0 Å². The molecule has 0 amide bonds. The Morgan fingerprint density at radius 3 is 2.62 bits per heavy atom. The summed E-state index contributed by atoms with van der Waals surface area (Å²) < 4.78 is 1.80. The van der Waals surface area contributed by atoms with Gasteiger partial charge < -0.3 is 10.4 Å². The largest absolute Gasteiger partial charge is 0.393 e. The second-order valence-electron chi connectivity index (χ2n) is 6.63. The Morgan fingerprint density at radius 1 is 1.21 bits per heavy atom. The average molecular weight is 323 g/mol. The van der Waals surface area contributed by atoms with Crippen molar-refractivity contribution >= 4 is 16.6 Å². The Labute approximate surface area is 140 Å². The highest BCUT2D eigenvalue weighted by atomic mass is 16.3. The Hall–Kier alpha value is -2.47. The van der Waals surface area contributed by atoms with E-state index in [0.29, 0.717) is 5.92 Å². The van der Waals surface area contributed by atoms with Crippen molar-refractivity contribution in [3.8, 4) is 0 Å². The summed E-state index contributed by atoms with van der Waals surface area (Å²) in [6.45, 7) is 1.97. The molecule has 1 atom stereocenters. The number of hydrogen-bond acceptors (Lipinski definition) is 5. The summed E-state index contributed by atoms with van der Waals surface area (Å²) in [7, 11) is 1.91. The fraction of sp³-hybridized carbons (Fsp3) is 0.389. The summed E-state index contributed by atoms with van der Waals surface area (Å²) in [5.74, 6) is 1.15. The predicted molar refractivity (Wildman–Crippen MR) is 92.6 cm³/mol. The van der Waals surface area contributed by atoms with Gasteiger partial charge in [0.1, 0.15) is 0 Å². The third-order valence-corrected chi connectivity index (χ3v) is 4.87. The van der Waals surface area contributed by atoms with Crippen LogP contribution in [0.3, 0.4) is 0 Å². The molecule has 124 valence electrons. The topological polar surface area (TPSA) is 75.9 Å². The molecule has 24 heavy (non-hydrogen) atoms. The lowest BCUT2D eigenvalue weighted by Gasteiger charge is -2.38. The van der Waals surface area contributed by atoms with Crippen molar-refractivity contribution in [2.75, 3.05) is 5.32 Å². The first kappa shape index (κ1) is 15.1. The highest BCUT2D eigenvalue weighted by Crippen LogP contribution is 2.40. The second-order valence-corrected chi connectivity index (χ2v) is 6.63. The van der Waals surface area contributed by atoms with Gasteiger partial charge in [-0.1, -0.05) is 24.3 Å². The lowest BCUT2D eigenvalue weighted by Crippen LogP contribution is -2.36. The Kier molecular flexibility index (Phi) is 3.69. The first-order chi connectivity index (χ1) is 11.6. The zero-order chi connectivity index (χ0) is 16.7. The number of aliphatic hydroxyl groups is 1. The van der Waals surface area contributed by atoms with E-state index in [2.05, 4.69) is 32.7 Å². The summed E-state index contributed by atoms with van der Waals surface area (Å²) in [6.07, 6.45) is 5.29. The summed E-state index contributed by atoms with van der Waals surface area (Å²) in [4.78, 5) is 0. The van der Waals surface area contributed by atoms with Crippen LogP contribution in [0.5, 0.6) is 0 Å². The fourth-order valence-corrected chi connectivity index (χ4v) is 3.47. The van der Waals surface area contributed by atoms with E-state index in [1.54, 1.807) is 4.68 Å². The van der Waals surface area contributed by atoms with E-state index in [0.717, 1.165) is 40.7 Å². The molecule has 1 fully saturated rings. The maximum absolute atomic E-state index is 9.72. The van der Waals surface area contributed by atoms with Crippen molar-refractivity contribution in [3.05, 3.63) is 47.9 Å². The summed E-state index contributed by atoms with van der Waals surface area (Å²) in [5, 5.41) is 28.4. The zero-order valence-corrected chi connectivity index (χ0v) is 13.8. The van der Waals surface area contributed by atoms with Gasteiger partial charge in [-0.2, -0.15) is 10.2 Å². The summed E-state index contributed by atoms with van der Waals surface area (Å²) in [6, 6.07) is 8.23. The van der Waals surface area contributed by atoms with Crippen LogP contribution < -0.4 is 5.32 Å². The number of benzene rings is 1. The van der Waals surface area contributed by atoms with Crippen LogP contribution in [0.15, 0.2) is 36.7 Å². The molecular formula is C18H21N5O. The van der Waals surface area contributed by atoms with Crippen molar-refractivity contribution in [2.45, 2.75) is 31.9 Å². The molecule has 1 aromatic carbocycles. The number of nitrogens with one attached hydrogen (secondary N) is 1. The van der Waals surface area contributed by atoms with Gasteiger partial charge in [0.05, 0.1) is 24.0 Å². The van der Waals surface area contributed by atoms with Crippen LogP contribution in [0.25, 0.3) is 10.8 Å². The van der Waals surface area contributed by atoms with Gasteiger partial charge in [-0.3, -0.25) is 4.68 Å². The summed E-state index contributed by atoms with van der Waals surface area (Å²) >= 11 is 0. The number of aryl methyl sites for hydroxylation is 2. The SMILES string of the molecule is Cc1nnc(N[C@@H](c2cnn(C)c2)C2CC(O)C2)c2ccccc12. The smallest absolute Gasteiger partial charge is 0.157 e. The van der Waals surface area contributed by atoms with Crippen LogP contribution in [0, 0.1) is 12.8 Å². The number of anilines is 1. The molecular weight excluding hydrogens is 302 g/mol. The van der Waals surface area contributed by atoms with E-state index in [1.807, 2.05) is 38.5 Å². The Bertz CT molecular complexity index is 869. The molecule has 1 saturated carbocycles. The molecule has 6 nitrogen and oxygen atoms in total. The van der Waals surface area contributed by atoms with Gasteiger partial charge in [0, 0.05) is 29.6 Å². The van der Waals surface area contributed by atoms with Gasteiger partial charge in [-0.25, -0.2) is 0 Å². The molecule has 0 saturated heterocycles. The third kappa shape index (κ3) is 2.63. The Morgan fingerprint density at radius 2 is 1.96 bits per heavy atom. The quantitative estimate of drug-likeness (QED) is 0.772. The predicted octanol–water partition coefficient (Wildman–Crippen LogP) is 2.60. The van der Waals surface area contributed by atoms with Gasteiger partial charge in [0.2, 0.25) is 0 Å². The number of aliphatic hydroxyl groups excluding tert-OH is 1. The van der Waals surface area contributed by atoms with Crippen molar-refractivity contribution in [3.63, 3.8) is 0 Å². The molecule has 2 heterocycles. The normalized spacial score (nSPS) is 21.5. The minimum Gasteiger partial charge on any atom is -0.393 e. The standard InChI is InChI=1S/C18H21N5O/c1-11-15-5-3-4-6-16(15)18(22-21-11)20-17(12-7-14(24)8-12)13-9-19-23(2)10-13/h3-6,9-10,12,14,17,24H,7-8H2,1-2H3,(H,20,22)/t12?,14?,17-/m1/s1. The van der Waals surface area contributed by atoms with Crippen molar-refractivity contribution in [2.24, 2.45) is 13.0 Å². The fourth-order valence-electron chi connectivity index (χ4n) is 3.47. The maximum atomic E-state index is 9.72. The number of nitrogens with zero attached hydrogens (tertiary/aromatic N) is 4. The van der Waals surface area contributed by atoms with E-state index in [4.69, 9.17) is 0 Å². The van der Waals surface area contributed by atoms with Gasteiger partial charge in [-0.15, -0.1) is 5.10 Å². The van der Waals surface area contributed by atoms with E-state index in [1.165, 1.54) is 0 Å². The molecule has 6 heteroatoms. The van der Waals surface area contributed by atoms with E-state index in [-0.39, 0.29) is 12.1 Å². The zero-order valence-electron chi connectivity index (χ0n) is 13.8. The summed E-state index contributed by atoms with van der Waals surface area (Å²) in [5.41, 5.74) is 2.04. The minimum absolute atomic E-state index is 0.0718. The second kappa shape index (κ2) is 5.87. The monoisotopic (exact) mass is 323 g/mol. The number of hydrogen-bond donors (Lipinski definition) is 2. The third-order valence-electron chi connectivity index (χ3n) is 4.87. The molecule has 1 aliphatic rings. The maximum Gasteiger partial charge on any atom is 0.157 e. The lowest BCUT2D eigenvalue weighted by atomic mass is 9.75. The van der Waals surface area contributed by atoms with Gasteiger partial charge in [0.15, 0.2) is 5.82 Å².